The maximum Gasteiger partial charge on any atom is 0.123 e. The topological polar surface area (TPSA) is 35.2 Å². The Morgan fingerprint density at radius 3 is 2.71 bits per heavy atom. The van der Waals surface area contributed by atoms with Crippen LogP contribution < -0.4 is 10.5 Å². The fraction of sp³-hybridized carbons (Fsp3) is 0.455. The first-order chi connectivity index (χ1) is 6.72. The fourth-order valence-electron chi connectivity index (χ4n) is 1.38. The third kappa shape index (κ3) is 2.40. The Morgan fingerprint density at radius 2 is 2.21 bits per heavy atom. The third-order valence-corrected chi connectivity index (χ3v) is 2.60. The zero-order valence-corrected chi connectivity index (χ0v) is 9.34. The van der Waals surface area contributed by atoms with Crippen LogP contribution in [0.15, 0.2) is 18.2 Å². The van der Waals surface area contributed by atoms with E-state index in [0.29, 0.717) is 5.88 Å². The van der Waals surface area contributed by atoms with Gasteiger partial charge in [0, 0.05) is 17.5 Å². The van der Waals surface area contributed by atoms with Crippen molar-refractivity contribution in [2.75, 3.05) is 13.0 Å². The lowest BCUT2D eigenvalue weighted by atomic mass is 10.0. The van der Waals surface area contributed by atoms with Crippen LogP contribution in [0.1, 0.15) is 24.1 Å². The van der Waals surface area contributed by atoms with E-state index in [-0.39, 0.29) is 6.04 Å². The van der Waals surface area contributed by atoms with Gasteiger partial charge in [-0.15, -0.1) is 11.6 Å². The largest absolute Gasteiger partial charge is 0.496 e. The van der Waals surface area contributed by atoms with Crippen LogP contribution in [0.5, 0.6) is 5.75 Å². The number of methoxy groups -OCH3 is 1. The van der Waals surface area contributed by atoms with Gasteiger partial charge in [0.1, 0.15) is 5.75 Å². The van der Waals surface area contributed by atoms with E-state index in [1.165, 1.54) is 5.56 Å². The summed E-state index contributed by atoms with van der Waals surface area (Å²) >= 11 is 5.73. The number of alkyl halides is 1. The summed E-state index contributed by atoms with van der Waals surface area (Å²) in [5.41, 5.74) is 8.12. The molecule has 3 heteroatoms. The summed E-state index contributed by atoms with van der Waals surface area (Å²) in [6.07, 6.45) is 0.992. The quantitative estimate of drug-likeness (QED) is 0.781. The first-order valence-electron chi connectivity index (χ1n) is 4.71. The zero-order chi connectivity index (χ0) is 10.6. The van der Waals surface area contributed by atoms with E-state index < -0.39 is 0 Å². The van der Waals surface area contributed by atoms with Crippen LogP contribution >= 0.6 is 11.6 Å². The van der Waals surface area contributed by atoms with Crippen molar-refractivity contribution in [3.63, 3.8) is 0 Å². The van der Waals surface area contributed by atoms with Gasteiger partial charge in [-0.05, 0) is 18.1 Å². The van der Waals surface area contributed by atoms with Crippen molar-refractivity contribution >= 4 is 11.6 Å². The number of rotatable bonds is 4. The molecule has 0 aliphatic carbocycles. The molecular weight excluding hydrogens is 198 g/mol. The smallest absolute Gasteiger partial charge is 0.123 e. The molecule has 0 aromatic heterocycles. The van der Waals surface area contributed by atoms with Crippen molar-refractivity contribution in [1.29, 1.82) is 0 Å². The van der Waals surface area contributed by atoms with Crippen molar-refractivity contribution in [2.24, 2.45) is 5.73 Å². The normalized spacial score (nSPS) is 12.6. The van der Waals surface area contributed by atoms with Gasteiger partial charge in [-0.2, -0.15) is 0 Å². The minimum absolute atomic E-state index is 0.155. The van der Waals surface area contributed by atoms with Gasteiger partial charge in [0.15, 0.2) is 0 Å². The average molecular weight is 214 g/mol. The summed E-state index contributed by atoms with van der Waals surface area (Å²) in [5.74, 6) is 1.22. The van der Waals surface area contributed by atoms with Crippen molar-refractivity contribution < 1.29 is 4.74 Å². The van der Waals surface area contributed by atoms with Crippen LogP contribution in [0.3, 0.4) is 0 Å². The molecule has 1 atom stereocenters. The Kier molecular flexibility index (Phi) is 4.23. The summed E-state index contributed by atoms with van der Waals surface area (Å²) in [6.45, 7) is 2.11. The predicted molar refractivity (Wildman–Crippen MR) is 60.0 cm³/mol. The standard InChI is InChI=1S/C11H16ClNO/c1-3-8-4-5-11(14-2)9(6-8)10(13)7-12/h4-6,10H,3,7,13H2,1-2H3. The summed E-state index contributed by atoms with van der Waals surface area (Å²) in [4.78, 5) is 0. The molecule has 1 rings (SSSR count). The van der Waals surface area contributed by atoms with Crippen LogP contribution in [0.2, 0.25) is 0 Å². The van der Waals surface area contributed by atoms with E-state index in [1.807, 2.05) is 12.1 Å². The molecule has 0 fully saturated rings. The third-order valence-electron chi connectivity index (χ3n) is 2.27. The van der Waals surface area contributed by atoms with Crippen molar-refractivity contribution in [3.8, 4) is 5.75 Å². The van der Waals surface area contributed by atoms with Gasteiger partial charge in [0.2, 0.25) is 0 Å². The molecule has 0 bridgehead atoms. The molecule has 0 saturated carbocycles. The van der Waals surface area contributed by atoms with Gasteiger partial charge >= 0.3 is 0 Å². The molecule has 0 aliphatic heterocycles. The lowest BCUT2D eigenvalue weighted by molar-refractivity contribution is 0.407. The second-order valence-corrected chi connectivity index (χ2v) is 3.50. The van der Waals surface area contributed by atoms with Crippen LogP contribution in [-0.2, 0) is 6.42 Å². The Morgan fingerprint density at radius 1 is 1.50 bits per heavy atom. The summed E-state index contributed by atoms with van der Waals surface area (Å²) in [6, 6.07) is 5.90. The molecule has 0 radical (unpaired) electrons. The van der Waals surface area contributed by atoms with E-state index in [0.717, 1.165) is 17.7 Å². The molecule has 0 saturated heterocycles. The number of nitrogens with two attached hydrogens (primary N) is 1. The Bertz CT molecular complexity index is 301. The van der Waals surface area contributed by atoms with Gasteiger partial charge in [-0.1, -0.05) is 19.1 Å². The molecule has 1 aromatic carbocycles. The molecule has 0 aliphatic rings. The molecule has 2 N–H and O–H groups in total. The van der Waals surface area contributed by atoms with E-state index in [9.17, 15) is 0 Å². The number of halogens is 1. The van der Waals surface area contributed by atoms with E-state index >= 15 is 0 Å². The van der Waals surface area contributed by atoms with Crippen molar-refractivity contribution in [1.82, 2.24) is 0 Å². The number of hydrogen-bond donors (Lipinski definition) is 1. The first-order valence-corrected chi connectivity index (χ1v) is 5.24. The number of aryl methyl sites for hydroxylation is 1. The highest BCUT2D eigenvalue weighted by atomic mass is 35.5. The van der Waals surface area contributed by atoms with Gasteiger partial charge in [0.25, 0.3) is 0 Å². The van der Waals surface area contributed by atoms with E-state index in [1.54, 1.807) is 7.11 Å². The number of ether oxygens (including phenoxy) is 1. The first kappa shape index (κ1) is 11.3. The monoisotopic (exact) mass is 213 g/mol. The lowest BCUT2D eigenvalue weighted by Crippen LogP contribution is -2.13. The highest BCUT2D eigenvalue weighted by Gasteiger charge is 2.11. The highest BCUT2D eigenvalue weighted by molar-refractivity contribution is 6.18. The maximum atomic E-state index is 5.88. The summed E-state index contributed by atoms with van der Waals surface area (Å²) < 4.78 is 5.23. The molecule has 0 amide bonds. The molecule has 0 spiro atoms. The van der Waals surface area contributed by atoms with Crippen LogP contribution in [-0.4, -0.2) is 13.0 Å². The number of hydrogen-bond acceptors (Lipinski definition) is 2. The Balaban J connectivity index is 3.08. The maximum absolute atomic E-state index is 5.88. The summed E-state index contributed by atoms with van der Waals surface area (Å²) in [7, 11) is 1.64. The zero-order valence-electron chi connectivity index (χ0n) is 8.59. The summed E-state index contributed by atoms with van der Waals surface area (Å²) in [5, 5.41) is 0. The van der Waals surface area contributed by atoms with Gasteiger partial charge < -0.3 is 10.5 Å². The molecule has 2 nitrogen and oxygen atoms in total. The molecule has 0 heterocycles. The van der Waals surface area contributed by atoms with Crippen LogP contribution in [0.4, 0.5) is 0 Å². The SMILES string of the molecule is CCc1ccc(OC)c(C(N)CCl)c1. The van der Waals surface area contributed by atoms with Gasteiger partial charge in [0.05, 0.1) is 7.11 Å². The van der Waals surface area contributed by atoms with Crippen LogP contribution in [0.25, 0.3) is 0 Å². The predicted octanol–water partition coefficient (Wildman–Crippen LogP) is 2.50. The fourth-order valence-corrected chi connectivity index (χ4v) is 1.54. The van der Waals surface area contributed by atoms with E-state index in [4.69, 9.17) is 22.1 Å². The molecule has 78 valence electrons. The van der Waals surface area contributed by atoms with Crippen molar-refractivity contribution in [3.05, 3.63) is 29.3 Å². The van der Waals surface area contributed by atoms with E-state index in [2.05, 4.69) is 13.0 Å². The van der Waals surface area contributed by atoms with Crippen molar-refractivity contribution in [2.45, 2.75) is 19.4 Å². The highest BCUT2D eigenvalue weighted by Crippen LogP contribution is 2.25. The van der Waals surface area contributed by atoms with Crippen LogP contribution in [0, 0.1) is 0 Å². The molecule has 1 aromatic rings. The minimum Gasteiger partial charge on any atom is -0.496 e. The molecular formula is C11H16ClNO. The Hall–Kier alpha value is -0.730. The lowest BCUT2D eigenvalue weighted by Gasteiger charge is -2.14. The second kappa shape index (κ2) is 5.23. The van der Waals surface area contributed by atoms with Gasteiger partial charge in [-0.25, -0.2) is 0 Å². The molecule has 14 heavy (non-hydrogen) atoms. The second-order valence-electron chi connectivity index (χ2n) is 3.19. The molecule has 1 unspecified atom stereocenters. The average Bonchev–Trinajstić information content (AvgIpc) is 2.27. The van der Waals surface area contributed by atoms with Gasteiger partial charge in [-0.3, -0.25) is 0 Å². The minimum atomic E-state index is -0.155. The number of benzene rings is 1. The Labute approximate surface area is 90.0 Å².